The first-order valence-corrected chi connectivity index (χ1v) is 5.08. The molecular weight excluding hydrogens is 190 g/mol. The number of aryl methyl sites for hydroxylation is 1. The number of pyridine rings is 1. The van der Waals surface area contributed by atoms with E-state index >= 15 is 0 Å². The summed E-state index contributed by atoms with van der Waals surface area (Å²) in [6, 6.07) is 1.90. The summed E-state index contributed by atoms with van der Waals surface area (Å²) in [4.78, 5) is 15.8. The molecule has 0 aliphatic heterocycles. The van der Waals surface area contributed by atoms with Crippen molar-refractivity contribution in [1.82, 2.24) is 4.98 Å². The number of esters is 1. The molecule has 0 aliphatic carbocycles. The van der Waals surface area contributed by atoms with Gasteiger partial charge in [-0.25, -0.2) is 0 Å². The van der Waals surface area contributed by atoms with Crippen molar-refractivity contribution in [2.45, 2.75) is 33.1 Å². The third kappa shape index (κ3) is 2.35. The van der Waals surface area contributed by atoms with Crippen molar-refractivity contribution in [2.75, 3.05) is 6.61 Å². The molecule has 0 atom stereocenters. The normalized spacial score (nSPS) is 11.2. The van der Waals surface area contributed by atoms with Crippen LogP contribution in [0.4, 0.5) is 0 Å². The van der Waals surface area contributed by atoms with Crippen molar-refractivity contribution in [3.63, 3.8) is 0 Å². The highest BCUT2D eigenvalue weighted by atomic mass is 16.5. The molecule has 1 heterocycles. The standard InChI is InChI=1S/C12H17NO2/c1-5-15-11(14)12(3,4)10-8-13-7-6-9(10)2/h6-8H,5H2,1-4H3. The Morgan fingerprint density at radius 1 is 1.53 bits per heavy atom. The lowest BCUT2D eigenvalue weighted by atomic mass is 9.83. The average molecular weight is 207 g/mol. The number of rotatable bonds is 3. The summed E-state index contributed by atoms with van der Waals surface area (Å²) in [5.41, 5.74) is 1.35. The van der Waals surface area contributed by atoms with E-state index in [1.165, 1.54) is 0 Å². The Kier molecular flexibility index (Phi) is 3.45. The highest BCUT2D eigenvalue weighted by Crippen LogP contribution is 2.26. The number of aromatic nitrogens is 1. The Morgan fingerprint density at radius 2 is 2.20 bits per heavy atom. The molecule has 0 fully saturated rings. The van der Waals surface area contributed by atoms with Crippen LogP contribution in [0.1, 0.15) is 31.9 Å². The third-order valence-electron chi connectivity index (χ3n) is 2.50. The van der Waals surface area contributed by atoms with Gasteiger partial charge in [-0.1, -0.05) is 0 Å². The average Bonchev–Trinajstić information content (AvgIpc) is 2.18. The van der Waals surface area contributed by atoms with Gasteiger partial charge in [-0.2, -0.15) is 0 Å². The molecule has 0 N–H and O–H groups in total. The molecule has 82 valence electrons. The number of hydrogen-bond donors (Lipinski definition) is 0. The van der Waals surface area contributed by atoms with Crippen LogP contribution in [-0.2, 0) is 14.9 Å². The summed E-state index contributed by atoms with van der Waals surface area (Å²) in [5.74, 6) is -0.207. The second-order valence-corrected chi connectivity index (χ2v) is 4.04. The monoisotopic (exact) mass is 207 g/mol. The SMILES string of the molecule is CCOC(=O)C(C)(C)c1cnccc1C. The van der Waals surface area contributed by atoms with Gasteiger partial charge in [-0.3, -0.25) is 9.78 Å². The lowest BCUT2D eigenvalue weighted by Crippen LogP contribution is -2.32. The fourth-order valence-electron chi connectivity index (χ4n) is 1.54. The number of nitrogens with zero attached hydrogens (tertiary/aromatic N) is 1. The van der Waals surface area contributed by atoms with Crippen LogP contribution in [0, 0.1) is 6.92 Å². The zero-order valence-corrected chi connectivity index (χ0v) is 9.70. The van der Waals surface area contributed by atoms with Crippen molar-refractivity contribution in [3.05, 3.63) is 29.6 Å². The first-order chi connectivity index (χ1) is 7.00. The minimum atomic E-state index is -0.631. The molecule has 0 amide bonds. The third-order valence-corrected chi connectivity index (χ3v) is 2.50. The second kappa shape index (κ2) is 4.43. The second-order valence-electron chi connectivity index (χ2n) is 4.04. The zero-order valence-electron chi connectivity index (χ0n) is 9.70. The number of carbonyl (C=O) groups excluding carboxylic acids is 1. The molecule has 0 spiro atoms. The fraction of sp³-hybridized carbons (Fsp3) is 0.500. The summed E-state index contributed by atoms with van der Waals surface area (Å²) in [5, 5.41) is 0. The molecule has 0 aromatic carbocycles. The molecule has 0 unspecified atom stereocenters. The smallest absolute Gasteiger partial charge is 0.316 e. The first kappa shape index (κ1) is 11.7. The molecule has 3 nitrogen and oxygen atoms in total. The van der Waals surface area contributed by atoms with Crippen LogP contribution >= 0.6 is 0 Å². The van der Waals surface area contributed by atoms with Crippen molar-refractivity contribution in [2.24, 2.45) is 0 Å². The van der Waals surface area contributed by atoms with E-state index in [9.17, 15) is 4.79 Å². The van der Waals surface area contributed by atoms with Crippen LogP contribution in [0.5, 0.6) is 0 Å². The molecule has 0 saturated carbocycles. The van der Waals surface area contributed by atoms with E-state index in [1.807, 2.05) is 33.8 Å². The van der Waals surface area contributed by atoms with Crippen LogP contribution in [0.2, 0.25) is 0 Å². The van der Waals surface area contributed by atoms with Gasteiger partial charge >= 0.3 is 5.97 Å². The van der Waals surface area contributed by atoms with Crippen LogP contribution in [0.25, 0.3) is 0 Å². The molecule has 1 rings (SSSR count). The summed E-state index contributed by atoms with van der Waals surface area (Å²) < 4.78 is 5.05. The van der Waals surface area contributed by atoms with Gasteiger partial charge in [-0.05, 0) is 44.9 Å². The van der Waals surface area contributed by atoms with E-state index in [0.29, 0.717) is 6.61 Å². The highest BCUT2D eigenvalue weighted by molar-refractivity contribution is 5.82. The topological polar surface area (TPSA) is 39.2 Å². The Morgan fingerprint density at radius 3 is 2.73 bits per heavy atom. The Balaban J connectivity index is 3.05. The molecule has 1 aromatic heterocycles. The largest absolute Gasteiger partial charge is 0.465 e. The molecule has 1 aromatic rings. The Labute approximate surface area is 90.5 Å². The maximum Gasteiger partial charge on any atom is 0.316 e. The predicted octanol–water partition coefficient (Wildman–Crippen LogP) is 2.23. The summed E-state index contributed by atoms with van der Waals surface area (Å²) in [7, 11) is 0. The van der Waals surface area contributed by atoms with Crippen molar-refractivity contribution >= 4 is 5.97 Å². The van der Waals surface area contributed by atoms with Crippen LogP contribution < -0.4 is 0 Å². The predicted molar refractivity (Wildman–Crippen MR) is 58.6 cm³/mol. The maximum atomic E-state index is 11.8. The quantitative estimate of drug-likeness (QED) is 0.713. The maximum absolute atomic E-state index is 11.8. The lowest BCUT2D eigenvalue weighted by Gasteiger charge is -2.23. The summed E-state index contributed by atoms with van der Waals surface area (Å²) in [6.45, 7) is 7.90. The minimum Gasteiger partial charge on any atom is -0.465 e. The Hall–Kier alpha value is -1.38. The van der Waals surface area contributed by atoms with E-state index < -0.39 is 5.41 Å². The van der Waals surface area contributed by atoms with Gasteiger partial charge in [0.05, 0.1) is 12.0 Å². The van der Waals surface area contributed by atoms with Crippen LogP contribution in [-0.4, -0.2) is 17.6 Å². The zero-order chi connectivity index (χ0) is 11.5. The summed E-state index contributed by atoms with van der Waals surface area (Å²) in [6.07, 6.45) is 3.45. The molecular formula is C12H17NO2. The van der Waals surface area contributed by atoms with E-state index in [2.05, 4.69) is 4.98 Å². The van der Waals surface area contributed by atoms with E-state index in [1.54, 1.807) is 12.4 Å². The number of ether oxygens (including phenoxy) is 1. The van der Waals surface area contributed by atoms with Crippen LogP contribution in [0.15, 0.2) is 18.5 Å². The van der Waals surface area contributed by atoms with Crippen molar-refractivity contribution < 1.29 is 9.53 Å². The van der Waals surface area contributed by atoms with Gasteiger partial charge < -0.3 is 4.74 Å². The molecule has 0 bridgehead atoms. The molecule has 15 heavy (non-hydrogen) atoms. The lowest BCUT2D eigenvalue weighted by molar-refractivity contribution is -0.148. The minimum absolute atomic E-state index is 0.207. The van der Waals surface area contributed by atoms with Crippen molar-refractivity contribution in [1.29, 1.82) is 0 Å². The van der Waals surface area contributed by atoms with Gasteiger partial charge in [-0.15, -0.1) is 0 Å². The van der Waals surface area contributed by atoms with Gasteiger partial charge in [0.1, 0.15) is 0 Å². The fourth-order valence-corrected chi connectivity index (χ4v) is 1.54. The van der Waals surface area contributed by atoms with E-state index in [-0.39, 0.29) is 5.97 Å². The number of carbonyl (C=O) groups is 1. The molecule has 3 heteroatoms. The van der Waals surface area contributed by atoms with Gasteiger partial charge in [0.25, 0.3) is 0 Å². The molecule has 0 aliphatic rings. The van der Waals surface area contributed by atoms with Gasteiger partial charge in [0.15, 0.2) is 0 Å². The molecule has 0 saturated heterocycles. The molecule has 0 radical (unpaired) electrons. The van der Waals surface area contributed by atoms with E-state index in [4.69, 9.17) is 4.74 Å². The highest BCUT2D eigenvalue weighted by Gasteiger charge is 2.32. The van der Waals surface area contributed by atoms with Gasteiger partial charge in [0, 0.05) is 12.4 Å². The number of hydrogen-bond acceptors (Lipinski definition) is 3. The van der Waals surface area contributed by atoms with E-state index in [0.717, 1.165) is 11.1 Å². The van der Waals surface area contributed by atoms with Crippen LogP contribution in [0.3, 0.4) is 0 Å². The Bertz CT molecular complexity index is 358. The van der Waals surface area contributed by atoms with Crippen molar-refractivity contribution in [3.8, 4) is 0 Å². The first-order valence-electron chi connectivity index (χ1n) is 5.08. The van der Waals surface area contributed by atoms with Gasteiger partial charge in [0.2, 0.25) is 0 Å². The summed E-state index contributed by atoms with van der Waals surface area (Å²) >= 11 is 0.